The molecule has 1 aromatic heterocycles. The number of rotatable bonds is 12. The first-order chi connectivity index (χ1) is 9.88. The van der Waals surface area contributed by atoms with E-state index in [0.29, 0.717) is 45.3 Å². The van der Waals surface area contributed by atoms with Crippen LogP contribution >= 0.6 is 0 Å². The SMILES string of the molecule is CCCCOCCOCCOCCn1cccc1C#N. The lowest BCUT2D eigenvalue weighted by molar-refractivity contribution is 0.0127. The van der Waals surface area contributed by atoms with Crippen molar-refractivity contribution in [1.29, 1.82) is 5.26 Å². The molecular formula is C15H24N2O3. The van der Waals surface area contributed by atoms with E-state index in [0.717, 1.165) is 19.4 Å². The van der Waals surface area contributed by atoms with Gasteiger partial charge in [-0.05, 0) is 18.6 Å². The van der Waals surface area contributed by atoms with E-state index in [4.69, 9.17) is 19.5 Å². The quantitative estimate of drug-likeness (QED) is 0.551. The Hall–Kier alpha value is -1.35. The molecule has 0 fully saturated rings. The van der Waals surface area contributed by atoms with E-state index in [2.05, 4.69) is 13.0 Å². The Bertz CT molecular complexity index is 385. The number of ether oxygens (including phenoxy) is 3. The number of nitrogens with zero attached hydrogens (tertiary/aromatic N) is 2. The zero-order valence-corrected chi connectivity index (χ0v) is 12.2. The first kappa shape index (κ1) is 16.7. The van der Waals surface area contributed by atoms with Gasteiger partial charge in [-0.25, -0.2) is 0 Å². The highest BCUT2D eigenvalue weighted by molar-refractivity contribution is 5.21. The van der Waals surface area contributed by atoms with Crippen molar-refractivity contribution in [3.05, 3.63) is 24.0 Å². The number of nitriles is 1. The van der Waals surface area contributed by atoms with Crippen LogP contribution in [-0.2, 0) is 20.8 Å². The lowest BCUT2D eigenvalue weighted by atomic mass is 10.4. The molecule has 1 aromatic rings. The van der Waals surface area contributed by atoms with Gasteiger partial charge in [-0.3, -0.25) is 0 Å². The summed E-state index contributed by atoms with van der Waals surface area (Å²) >= 11 is 0. The average molecular weight is 280 g/mol. The lowest BCUT2D eigenvalue weighted by Gasteiger charge is -2.07. The Morgan fingerprint density at radius 2 is 1.70 bits per heavy atom. The molecule has 20 heavy (non-hydrogen) atoms. The van der Waals surface area contributed by atoms with Gasteiger partial charge in [0.05, 0.1) is 33.0 Å². The molecule has 0 N–H and O–H groups in total. The van der Waals surface area contributed by atoms with Crippen LogP contribution in [0.5, 0.6) is 0 Å². The molecule has 112 valence electrons. The summed E-state index contributed by atoms with van der Waals surface area (Å²) in [7, 11) is 0. The molecule has 5 heteroatoms. The smallest absolute Gasteiger partial charge is 0.120 e. The van der Waals surface area contributed by atoms with Gasteiger partial charge in [-0.2, -0.15) is 5.26 Å². The van der Waals surface area contributed by atoms with E-state index >= 15 is 0 Å². The Kier molecular flexibility index (Phi) is 9.58. The van der Waals surface area contributed by atoms with Crippen molar-refractivity contribution in [2.24, 2.45) is 0 Å². The fourth-order valence-corrected chi connectivity index (χ4v) is 1.66. The topological polar surface area (TPSA) is 56.4 Å². The van der Waals surface area contributed by atoms with Gasteiger partial charge in [0.1, 0.15) is 11.8 Å². The maximum atomic E-state index is 8.84. The van der Waals surface area contributed by atoms with E-state index in [1.807, 2.05) is 16.8 Å². The normalized spacial score (nSPS) is 10.6. The van der Waals surface area contributed by atoms with Crippen LogP contribution in [0.1, 0.15) is 25.5 Å². The lowest BCUT2D eigenvalue weighted by Crippen LogP contribution is -2.12. The molecule has 0 radical (unpaired) electrons. The van der Waals surface area contributed by atoms with Gasteiger partial charge in [0.25, 0.3) is 0 Å². The third-order valence-corrected chi connectivity index (χ3v) is 2.81. The molecule has 0 aromatic carbocycles. The number of aromatic nitrogens is 1. The van der Waals surface area contributed by atoms with Crippen LogP contribution < -0.4 is 0 Å². The fraction of sp³-hybridized carbons (Fsp3) is 0.667. The second kappa shape index (κ2) is 11.5. The van der Waals surface area contributed by atoms with E-state index in [1.165, 1.54) is 0 Å². The van der Waals surface area contributed by atoms with Crippen molar-refractivity contribution in [3.8, 4) is 6.07 Å². The van der Waals surface area contributed by atoms with Crippen molar-refractivity contribution in [2.75, 3.05) is 39.6 Å². The summed E-state index contributed by atoms with van der Waals surface area (Å²) < 4.78 is 18.1. The average Bonchev–Trinajstić information content (AvgIpc) is 2.92. The highest BCUT2D eigenvalue weighted by atomic mass is 16.5. The Labute approximate surface area is 121 Å². The van der Waals surface area contributed by atoms with Gasteiger partial charge in [-0.1, -0.05) is 13.3 Å². The maximum absolute atomic E-state index is 8.84. The zero-order chi connectivity index (χ0) is 14.5. The maximum Gasteiger partial charge on any atom is 0.120 e. The first-order valence-corrected chi connectivity index (χ1v) is 7.17. The second-order valence-corrected chi connectivity index (χ2v) is 4.39. The number of unbranched alkanes of at least 4 members (excludes halogenated alkanes) is 1. The molecule has 0 bridgehead atoms. The molecule has 0 saturated carbocycles. The van der Waals surface area contributed by atoms with E-state index in [1.54, 1.807) is 6.07 Å². The third-order valence-electron chi connectivity index (χ3n) is 2.81. The molecule has 0 atom stereocenters. The molecule has 0 amide bonds. The first-order valence-electron chi connectivity index (χ1n) is 7.17. The fourth-order valence-electron chi connectivity index (χ4n) is 1.66. The van der Waals surface area contributed by atoms with Crippen LogP contribution in [0.25, 0.3) is 0 Å². The van der Waals surface area contributed by atoms with Crippen LogP contribution in [-0.4, -0.2) is 44.2 Å². The van der Waals surface area contributed by atoms with Gasteiger partial charge in [0.2, 0.25) is 0 Å². The van der Waals surface area contributed by atoms with Crippen molar-refractivity contribution in [2.45, 2.75) is 26.3 Å². The van der Waals surface area contributed by atoms with Gasteiger partial charge >= 0.3 is 0 Å². The minimum absolute atomic E-state index is 0.568. The minimum atomic E-state index is 0.568. The Morgan fingerprint density at radius 1 is 1.05 bits per heavy atom. The van der Waals surface area contributed by atoms with Crippen LogP contribution in [0.15, 0.2) is 18.3 Å². The van der Waals surface area contributed by atoms with Crippen molar-refractivity contribution >= 4 is 0 Å². The summed E-state index contributed by atoms with van der Waals surface area (Å²) in [5.74, 6) is 0. The summed E-state index contributed by atoms with van der Waals surface area (Å²) in [4.78, 5) is 0. The van der Waals surface area contributed by atoms with Gasteiger partial charge in [-0.15, -0.1) is 0 Å². The third kappa shape index (κ3) is 7.29. The molecular weight excluding hydrogens is 256 g/mol. The molecule has 0 aliphatic heterocycles. The summed E-state index contributed by atoms with van der Waals surface area (Å²) in [5, 5.41) is 8.84. The van der Waals surface area contributed by atoms with Crippen molar-refractivity contribution in [1.82, 2.24) is 4.57 Å². The molecule has 0 spiro atoms. The molecule has 0 aliphatic rings. The predicted molar refractivity (Wildman–Crippen MR) is 76.5 cm³/mol. The zero-order valence-electron chi connectivity index (χ0n) is 12.2. The van der Waals surface area contributed by atoms with E-state index in [9.17, 15) is 0 Å². The molecule has 1 rings (SSSR count). The van der Waals surface area contributed by atoms with Crippen LogP contribution in [0.3, 0.4) is 0 Å². The van der Waals surface area contributed by atoms with E-state index in [-0.39, 0.29) is 0 Å². The monoisotopic (exact) mass is 280 g/mol. The Morgan fingerprint density at radius 3 is 2.35 bits per heavy atom. The molecule has 5 nitrogen and oxygen atoms in total. The molecule has 0 saturated heterocycles. The van der Waals surface area contributed by atoms with Crippen LogP contribution in [0.4, 0.5) is 0 Å². The summed E-state index contributed by atoms with van der Waals surface area (Å²) in [6.07, 6.45) is 4.14. The minimum Gasteiger partial charge on any atom is -0.379 e. The highest BCUT2D eigenvalue weighted by Crippen LogP contribution is 1.99. The van der Waals surface area contributed by atoms with Crippen molar-refractivity contribution < 1.29 is 14.2 Å². The molecule has 1 heterocycles. The number of hydrogen-bond acceptors (Lipinski definition) is 4. The van der Waals surface area contributed by atoms with E-state index < -0.39 is 0 Å². The van der Waals surface area contributed by atoms with Gasteiger partial charge < -0.3 is 18.8 Å². The van der Waals surface area contributed by atoms with Gasteiger partial charge in [0.15, 0.2) is 0 Å². The summed E-state index contributed by atoms with van der Waals surface area (Å²) in [6.45, 7) is 6.64. The summed E-state index contributed by atoms with van der Waals surface area (Å²) in [6, 6.07) is 5.79. The number of hydrogen-bond donors (Lipinski definition) is 0. The summed E-state index contributed by atoms with van der Waals surface area (Å²) in [5.41, 5.74) is 0.661. The van der Waals surface area contributed by atoms with Gasteiger partial charge in [0, 0.05) is 19.3 Å². The highest BCUT2D eigenvalue weighted by Gasteiger charge is 1.98. The predicted octanol–water partition coefficient (Wildman–Crippen LogP) is 2.21. The standard InChI is InChI=1S/C15H24N2O3/c1-2-3-8-18-10-12-20-13-11-19-9-7-17-6-4-5-15(17)14-16/h4-6H,2-3,7-13H2,1H3. The second-order valence-electron chi connectivity index (χ2n) is 4.39. The molecule has 0 unspecified atom stereocenters. The van der Waals surface area contributed by atoms with Crippen molar-refractivity contribution in [3.63, 3.8) is 0 Å². The van der Waals surface area contributed by atoms with Crippen LogP contribution in [0.2, 0.25) is 0 Å². The van der Waals surface area contributed by atoms with Crippen LogP contribution in [0, 0.1) is 11.3 Å². The molecule has 0 aliphatic carbocycles. The largest absolute Gasteiger partial charge is 0.379 e. The Balaban J connectivity index is 1.87.